The minimum atomic E-state index is -0.409. The molecule has 4 rings (SSSR count). The quantitative estimate of drug-likeness (QED) is 0.491. The maximum atomic E-state index is 13.0. The van der Waals surface area contributed by atoms with Crippen LogP contribution in [0.4, 0.5) is 9.39 Å². The molecule has 0 bridgehead atoms. The van der Waals surface area contributed by atoms with Gasteiger partial charge in [-0.3, -0.25) is 4.79 Å². The van der Waals surface area contributed by atoms with Gasteiger partial charge in [0, 0.05) is 11.1 Å². The molecule has 1 aromatic carbocycles. The SMILES string of the molecule is CCCOC(=O)c1c(NC(=O)c2ccn(COc3ccc(F)cc3)n2)sc2c1CCCC2. The van der Waals surface area contributed by atoms with Crippen molar-refractivity contribution < 1.29 is 23.5 Å². The molecule has 2 heterocycles. The number of nitrogens with one attached hydrogen (secondary N) is 1. The van der Waals surface area contributed by atoms with E-state index in [1.807, 2.05) is 6.92 Å². The van der Waals surface area contributed by atoms with Gasteiger partial charge in [-0.1, -0.05) is 6.92 Å². The van der Waals surface area contributed by atoms with Crippen molar-refractivity contribution in [2.75, 3.05) is 11.9 Å². The summed E-state index contributed by atoms with van der Waals surface area (Å²) in [5.41, 5.74) is 1.67. The number of fused-ring (bicyclic) bond motifs is 1. The van der Waals surface area contributed by atoms with Crippen LogP contribution in [0, 0.1) is 5.82 Å². The zero-order valence-electron chi connectivity index (χ0n) is 17.7. The van der Waals surface area contributed by atoms with Crippen molar-refractivity contribution in [1.29, 1.82) is 0 Å². The number of ether oxygens (including phenoxy) is 2. The largest absolute Gasteiger partial charge is 0.471 e. The molecular formula is C23H24FN3O4S. The maximum absolute atomic E-state index is 13.0. The van der Waals surface area contributed by atoms with Crippen LogP contribution in [0.25, 0.3) is 0 Å². The normalized spacial score (nSPS) is 12.8. The molecular weight excluding hydrogens is 433 g/mol. The first-order valence-electron chi connectivity index (χ1n) is 10.6. The minimum Gasteiger partial charge on any atom is -0.471 e. The van der Waals surface area contributed by atoms with E-state index < -0.39 is 5.91 Å². The Balaban J connectivity index is 1.46. The summed E-state index contributed by atoms with van der Waals surface area (Å²) in [6.45, 7) is 2.35. The molecule has 9 heteroatoms. The van der Waals surface area contributed by atoms with Gasteiger partial charge in [0.1, 0.15) is 16.6 Å². The highest BCUT2D eigenvalue weighted by atomic mass is 32.1. The topological polar surface area (TPSA) is 82.5 Å². The summed E-state index contributed by atoms with van der Waals surface area (Å²) in [4.78, 5) is 26.7. The minimum absolute atomic E-state index is 0.0702. The molecule has 3 aromatic rings. The van der Waals surface area contributed by atoms with Gasteiger partial charge in [-0.25, -0.2) is 13.9 Å². The fourth-order valence-electron chi connectivity index (χ4n) is 3.53. The van der Waals surface area contributed by atoms with Crippen molar-refractivity contribution in [3.8, 4) is 5.75 Å². The number of anilines is 1. The average molecular weight is 458 g/mol. The number of carbonyl (C=O) groups excluding carboxylic acids is 2. The summed E-state index contributed by atoms with van der Waals surface area (Å²) in [6, 6.07) is 7.22. The smallest absolute Gasteiger partial charge is 0.341 e. The Labute approximate surface area is 189 Å². The van der Waals surface area contributed by atoms with Crippen molar-refractivity contribution in [1.82, 2.24) is 9.78 Å². The lowest BCUT2D eigenvalue weighted by molar-refractivity contribution is 0.0505. The monoisotopic (exact) mass is 457 g/mol. The molecule has 2 aromatic heterocycles. The van der Waals surface area contributed by atoms with E-state index in [4.69, 9.17) is 9.47 Å². The van der Waals surface area contributed by atoms with Crippen molar-refractivity contribution >= 4 is 28.2 Å². The lowest BCUT2D eigenvalue weighted by Crippen LogP contribution is -2.17. The molecule has 1 amide bonds. The molecule has 0 radical (unpaired) electrons. The number of amides is 1. The van der Waals surface area contributed by atoms with Crippen molar-refractivity contribution in [2.24, 2.45) is 0 Å². The number of rotatable bonds is 8. The summed E-state index contributed by atoms with van der Waals surface area (Å²) in [6.07, 6.45) is 6.16. The van der Waals surface area contributed by atoms with E-state index >= 15 is 0 Å². The molecule has 0 fully saturated rings. The first-order valence-corrected chi connectivity index (χ1v) is 11.4. The molecule has 0 spiro atoms. The predicted octanol–water partition coefficient (Wildman–Crippen LogP) is 4.82. The Hall–Kier alpha value is -3.20. The third-order valence-electron chi connectivity index (χ3n) is 5.09. The predicted molar refractivity (Wildman–Crippen MR) is 119 cm³/mol. The van der Waals surface area contributed by atoms with Crippen LogP contribution in [-0.4, -0.2) is 28.3 Å². The maximum Gasteiger partial charge on any atom is 0.341 e. The lowest BCUT2D eigenvalue weighted by Gasteiger charge is -2.12. The van der Waals surface area contributed by atoms with Crippen LogP contribution < -0.4 is 10.1 Å². The third-order valence-corrected chi connectivity index (χ3v) is 6.30. The fourth-order valence-corrected chi connectivity index (χ4v) is 4.80. The van der Waals surface area contributed by atoms with Crippen molar-refractivity contribution in [3.63, 3.8) is 0 Å². The number of hydrogen-bond donors (Lipinski definition) is 1. The van der Waals surface area contributed by atoms with Gasteiger partial charge in [0.25, 0.3) is 5.91 Å². The fraction of sp³-hybridized carbons (Fsp3) is 0.348. The van der Waals surface area contributed by atoms with Gasteiger partial charge in [0.2, 0.25) is 0 Å². The molecule has 0 atom stereocenters. The molecule has 168 valence electrons. The van der Waals surface area contributed by atoms with Gasteiger partial charge in [0.15, 0.2) is 12.4 Å². The van der Waals surface area contributed by atoms with Crippen LogP contribution in [-0.2, 0) is 24.3 Å². The number of aryl methyl sites for hydroxylation is 1. The average Bonchev–Trinajstić information content (AvgIpc) is 3.41. The molecule has 1 N–H and O–H groups in total. The van der Waals surface area contributed by atoms with E-state index in [2.05, 4.69) is 10.4 Å². The third kappa shape index (κ3) is 4.99. The van der Waals surface area contributed by atoms with Gasteiger partial charge in [-0.15, -0.1) is 11.3 Å². The van der Waals surface area contributed by atoms with E-state index in [0.29, 0.717) is 22.9 Å². The van der Waals surface area contributed by atoms with Gasteiger partial charge < -0.3 is 14.8 Å². The number of nitrogens with zero attached hydrogens (tertiary/aromatic N) is 2. The summed E-state index contributed by atoms with van der Waals surface area (Å²) in [5, 5.41) is 7.61. The molecule has 0 aliphatic heterocycles. The first kappa shape index (κ1) is 22.0. The second kappa shape index (κ2) is 9.95. The molecule has 0 saturated carbocycles. The van der Waals surface area contributed by atoms with Crippen LogP contribution in [0.2, 0.25) is 0 Å². The van der Waals surface area contributed by atoms with Gasteiger partial charge in [-0.05, 0) is 68.0 Å². The summed E-state index contributed by atoms with van der Waals surface area (Å²) >= 11 is 1.44. The van der Waals surface area contributed by atoms with Gasteiger partial charge in [0.05, 0.1) is 12.2 Å². The van der Waals surface area contributed by atoms with Gasteiger partial charge >= 0.3 is 5.97 Å². The second-order valence-electron chi connectivity index (χ2n) is 7.47. The zero-order chi connectivity index (χ0) is 22.5. The van der Waals surface area contributed by atoms with E-state index in [9.17, 15) is 14.0 Å². The number of thiophene rings is 1. The zero-order valence-corrected chi connectivity index (χ0v) is 18.5. The molecule has 1 aliphatic rings. The van der Waals surface area contributed by atoms with Crippen LogP contribution in [0.3, 0.4) is 0 Å². The lowest BCUT2D eigenvalue weighted by atomic mass is 9.95. The standard InChI is InChI=1S/C23H24FN3O4S/c1-2-13-30-23(29)20-17-5-3-4-6-19(17)32-22(20)25-21(28)18-11-12-27(26-18)14-31-16-9-7-15(24)8-10-16/h7-12H,2-6,13-14H2,1H3,(H,25,28). The van der Waals surface area contributed by atoms with Gasteiger partial charge in [-0.2, -0.15) is 5.10 Å². The van der Waals surface area contributed by atoms with Crippen LogP contribution >= 0.6 is 11.3 Å². The Morgan fingerprint density at radius 3 is 2.75 bits per heavy atom. The van der Waals surface area contributed by atoms with Crippen LogP contribution in [0.5, 0.6) is 5.75 Å². The Bertz CT molecular complexity index is 1110. The molecule has 0 unspecified atom stereocenters. The molecule has 7 nitrogen and oxygen atoms in total. The number of esters is 1. The van der Waals surface area contributed by atoms with E-state index in [1.54, 1.807) is 12.3 Å². The molecule has 1 aliphatic carbocycles. The number of aromatic nitrogens is 2. The second-order valence-corrected chi connectivity index (χ2v) is 8.58. The summed E-state index contributed by atoms with van der Waals surface area (Å²) in [7, 11) is 0. The number of hydrogen-bond acceptors (Lipinski definition) is 6. The Morgan fingerprint density at radius 1 is 1.19 bits per heavy atom. The Kier molecular flexibility index (Phi) is 6.84. The van der Waals surface area contributed by atoms with E-state index in [1.165, 1.54) is 40.3 Å². The molecule has 32 heavy (non-hydrogen) atoms. The van der Waals surface area contributed by atoms with Crippen molar-refractivity contribution in [2.45, 2.75) is 45.8 Å². The highest BCUT2D eigenvalue weighted by Gasteiger charge is 2.27. The highest BCUT2D eigenvalue weighted by molar-refractivity contribution is 7.17. The summed E-state index contributed by atoms with van der Waals surface area (Å²) in [5.74, 6) is -0.649. The van der Waals surface area contributed by atoms with E-state index in [0.717, 1.165) is 42.5 Å². The van der Waals surface area contributed by atoms with Crippen LogP contribution in [0.15, 0.2) is 36.5 Å². The first-order chi connectivity index (χ1) is 15.5. The highest BCUT2D eigenvalue weighted by Crippen LogP contribution is 2.38. The van der Waals surface area contributed by atoms with Crippen molar-refractivity contribution in [3.05, 3.63) is 64.0 Å². The summed E-state index contributed by atoms with van der Waals surface area (Å²) < 4.78 is 25.4. The van der Waals surface area contributed by atoms with E-state index in [-0.39, 0.29) is 24.2 Å². The number of halogens is 1. The number of carbonyl (C=O) groups is 2. The Morgan fingerprint density at radius 2 is 1.97 bits per heavy atom. The van der Waals surface area contributed by atoms with Crippen LogP contribution in [0.1, 0.15) is 57.5 Å². The number of benzene rings is 1. The molecule has 0 saturated heterocycles.